The molecule has 0 radical (unpaired) electrons. The molecule has 1 nitrogen and oxygen atoms in total. The molecule has 0 saturated carbocycles. The van der Waals surface area contributed by atoms with E-state index in [1.54, 1.807) is 0 Å². The van der Waals surface area contributed by atoms with Crippen molar-refractivity contribution in [1.29, 1.82) is 0 Å². The third-order valence-electron chi connectivity index (χ3n) is 5.82. The number of aromatic nitrogens is 1. The molecule has 0 atom stereocenters. The van der Waals surface area contributed by atoms with Crippen molar-refractivity contribution < 1.29 is 4.39 Å². The van der Waals surface area contributed by atoms with Crippen LogP contribution in [0.25, 0.3) is 32.8 Å². The maximum absolute atomic E-state index is 13.3. The van der Waals surface area contributed by atoms with Gasteiger partial charge in [-0.2, -0.15) is 0 Å². The summed E-state index contributed by atoms with van der Waals surface area (Å²) in [6.45, 7) is 10.4. The summed E-state index contributed by atoms with van der Waals surface area (Å²) in [5, 5.41) is 4.82. The van der Waals surface area contributed by atoms with Crippen LogP contribution in [0.2, 0.25) is 0 Å². The van der Waals surface area contributed by atoms with Crippen molar-refractivity contribution >= 4 is 21.5 Å². The topological polar surface area (TPSA) is 12.9 Å². The number of halogens is 1. The summed E-state index contributed by atoms with van der Waals surface area (Å²) in [7, 11) is 0. The van der Waals surface area contributed by atoms with E-state index >= 15 is 0 Å². The fourth-order valence-electron chi connectivity index (χ4n) is 4.24. The Morgan fingerprint density at radius 3 is 2.27 bits per heavy atom. The van der Waals surface area contributed by atoms with Crippen molar-refractivity contribution in [2.45, 2.75) is 46.5 Å². The molecule has 0 aliphatic carbocycles. The Labute approximate surface area is 179 Å². The van der Waals surface area contributed by atoms with Crippen LogP contribution in [0.15, 0.2) is 66.9 Å². The largest absolute Gasteiger partial charge is 0.256 e. The zero-order valence-electron chi connectivity index (χ0n) is 18.6. The van der Waals surface area contributed by atoms with Crippen molar-refractivity contribution in [3.8, 4) is 11.3 Å². The van der Waals surface area contributed by atoms with Crippen LogP contribution in [-0.4, -0.2) is 11.7 Å². The first-order chi connectivity index (χ1) is 14.2. The normalized spacial score (nSPS) is 12.6. The Morgan fingerprint density at radius 1 is 0.800 bits per heavy atom. The van der Waals surface area contributed by atoms with E-state index in [4.69, 9.17) is 4.98 Å². The summed E-state index contributed by atoms with van der Waals surface area (Å²) in [6.07, 6.45) is 2.61. The van der Waals surface area contributed by atoms with E-state index in [1.807, 2.05) is 20.0 Å². The van der Waals surface area contributed by atoms with Gasteiger partial charge in [0, 0.05) is 17.1 Å². The quantitative estimate of drug-likeness (QED) is 0.340. The van der Waals surface area contributed by atoms with Crippen molar-refractivity contribution in [2.75, 3.05) is 6.67 Å². The molecule has 0 aliphatic rings. The van der Waals surface area contributed by atoms with E-state index in [9.17, 15) is 4.39 Å². The highest BCUT2D eigenvalue weighted by Crippen LogP contribution is 2.36. The number of nitrogens with zero attached hydrogens (tertiary/aromatic N) is 1. The lowest BCUT2D eigenvalue weighted by molar-refractivity contribution is 0.256. The van der Waals surface area contributed by atoms with Crippen molar-refractivity contribution in [1.82, 2.24) is 4.98 Å². The highest BCUT2D eigenvalue weighted by atomic mass is 19.1. The molecule has 0 amide bonds. The zero-order chi connectivity index (χ0) is 21.5. The second-order valence-corrected chi connectivity index (χ2v) is 10.2. The molecule has 4 rings (SSSR count). The van der Waals surface area contributed by atoms with Gasteiger partial charge in [-0.3, -0.25) is 9.37 Å². The molecule has 0 bridgehead atoms. The van der Waals surface area contributed by atoms with Gasteiger partial charge in [-0.15, -0.1) is 0 Å². The number of fused-ring (bicyclic) bond motifs is 2. The smallest absolute Gasteiger partial charge is 0.0948 e. The Kier molecular flexibility index (Phi) is 5.13. The van der Waals surface area contributed by atoms with Gasteiger partial charge in [0.2, 0.25) is 0 Å². The van der Waals surface area contributed by atoms with Crippen LogP contribution in [0, 0.1) is 5.41 Å². The molecule has 1 aromatic heterocycles. The van der Waals surface area contributed by atoms with Gasteiger partial charge < -0.3 is 0 Å². The lowest BCUT2D eigenvalue weighted by Gasteiger charge is -2.23. The van der Waals surface area contributed by atoms with Crippen LogP contribution in [0.5, 0.6) is 0 Å². The molecule has 0 spiro atoms. The van der Waals surface area contributed by atoms with E-state index in [0.29, 0.717) is 0 Å². The van der Waals surface area contributed by atoms with Crippen LogP contribution >= 0.6 is 0 Å². The van der Waals surface area contributed by atoms with E-state index in [1.165, 1.54) is 16.3 Å². The fourth-order valence-corrected chi connectivity index (χ4v) is 4.24. The first kappa shape index (κ1) is 20.5. The zero-order valence-corrected chi connectivity index (χ0v) is 18.6. The van der Waals surface area contributed by atoms with Gasteiger partial charge in [0.1, 0.15) is 0 Å². The number of benzene rings is 3. The van der Waals surface area contributed by atoms with Crippen LogP contribution in [0.1, 0.15) is 45.7 Å². The summed E-state index contributed by atoms with van der Waals surface area (Å²) >= 11 is 0. The monoisotopic (exact) mass is 399 g/mol. The molecule has 30 heavy (non-hydrogen) atoms. The summed E-state index contributed by atoms with van der Waals surface area (Å²) in [6, 6.07) is 21.6. The Balaban J connectivity index is 1.88. The summed E-state index contributed by atoms with van der Waals surface area (Å²) in [4.78, 5) is 4.77. The van der Waals surface area contributed by atoms with Gasteiger partial charge in [0.25, 0.3) is 0 Å². The van der Waals surface area contributed by atoms with Gasteiger partial charge in [-0.05, 0) is 62.7 Å². The standard InChI is InChI=1S/C28H30FN/c1-27(2,3)25-16-22(15-20-8-6-7-9-23(20)25)26-24-11-10-19(17-28(4,5)18-29)14-21(24)12-13-30-26/h6-16H,17-18H2,1-5H3. The third kappa shape index (κ3) is 3.96. The molecular formula is C28H30FN. The van der Waals surface area contributed by atoms with Gasteiger partial charge in [-0.1, -0.05) is 77.1 Å². The highest BCUT2D eigenvalue weighted by molar-refractivity contribution is 5.98. The molecule has 1 heterocycles. The highest BCUT2D eigenvalue weighted by Gasteiger charge is 2.20. The van der Waals surface area contributed by atoms with E-state index in [2.05, 4.69) is 81.4 Å². The fraction of sp³-hybridized carbons (Fsp3) is 0.321. The van der Waals surface area contributed by atoms with Crippen LogP contribution < -0.4 is 0 Å². The number of hydrogen-bond donors (Lipinski definition) is 0. The van der Waals surface area contributed by atoms with E-state index < -0.39 is 0 Å². The molecule has 0 saturated heterocycles. The SMILES string of the molecule is CC(C)(CF)Cc1ccc2c(-c3cc(C(C)(C)C)c4ccccc4c3)nccc2c1. The number of hydrogen-bond acceptors (Lipinski definition) is 1. The molecule has 0 fully saturated rings. The Morgan fingerprint density at radius 2 is 1.53 bits per heavy atom. The van der Waals surface area contributed by atoms with Gasteiger partial charge in [0.05, 0.1) is 12.4 Å². The van der Waals surface area contributed by atoms with Crippen LogP contribution in [0.4, 0.5) is 4.39 Å². The number of rotatable bonds is 4. The van der Waals surface area contributed by atoms with Crippen molar-refractivity contribution in [2.24, 2.45) is 5.41 Å². The summed E-state index contributed by atoms with van der Waals surface area (Å²) in [5.74, 6) is 0. The summed E-state index contributed by atoms with van der Waals surface area (Å²) in [5.41, 5.74) is 4.32. The molecule has 0 aliphatic heterocycles. The molecule has 4 aromatic rings. The maximum atomic E-state index is 13.3. The lowest BCUT2D eigenvalue weighted by atomic mass is 9.82. The molecule has 3 aromatic carbocycles. The molecule has 154 valence electrons. The molecule has 0 unspecified atom stereocenters. The maximum Gasteiger partial charge on any atom is 0.0948 e. The van der Waals surface area contributed by atoms with Gasteiger partial charge >= 0.3 is 0 Å². The minimum atomic E-state index is -0.344. The van der Waals surface area contributed by atoms with Crippen molar-refractivity contribution in [3.05, 3.63) is 78.0 Å². The predicted molar refractivity (Wildman–Crippen MR) is 127 cm³/mol. The second-order valence-electron chi connectivity index (χ2n) is 10.2. The minimum Gasteiger partial charge on any atom is -0.256 e. The number of pyridine rings is 1. The Hall–Kier alpha value is -2.74. The minimum absolute atomic E-state index is 0.0331. The Bertz CT molecular complexity index is 1210. The third-order valence-corrected chi connectivity index (χ3v) is 5.82. The predicted octanol–water partition coefficient (Wildman–Crippen LogP) is 7.89. The van der Waals surface area contributed by atoms with Crippen LogP contribution in [-0.2, 0) is 11.8 Å². The average Bonchev–Trinajstić information content (AvgIpc) is 2.71. The van der Waals surface area contributed by atoms with Gasteiger partial charge in [-0.25, -0.2) is 0 Å². The van der Waals surface area contributed by atoms with Crippen molar-refractivity contribution in [3.63, 3.8) is 0 Å². The van der Waals surface area contributed by atoms with E-state index in [-0.39, 0.29) is 17.5 Å². The summed E-state index contributed by atoms with van der Waals surface area (Å²) < 4.78 is 13.3. The van der Waals surface area contributed by atoms with Gasteiger partial charge in [0.15, 0.2) is 0 Å². The lowest BCUT2D eigenvalue weighted by Crippen LogP contribution is -2.17. The van der Waals surface area contributed by atoms with E-state index in [0.717, 1.165) is 34.0 Å². The first-order valence-corrected chi connectivity index (χ1v) is 10.7. The molecular weight excluding hydrogens is 369 g/mol. The second kappa shape index (κ2) is 7.50. The molecule has 0 N–H and O–H groups in total. The van der Waals surface area contributed by atoms with Crippen LogP contribution in [0.3, 0.4) is 0 Å². The first-order valence-electron chi connectivity index (χ1n) is 10.7. The molecule has 2 heteroatoms. The number of alkyl halides is 1. The average molecular weight is 400 g/mol.